The lowest BCUT2D eigenvalue weighted by molar-refractivity contribution is 0.437. The maximum Gasteiger partial charge on any atom is 0.275 e. The predicted molar refractivity (Wildman–Crippen MR) is 72.5 cm³/mol. The van der Waals surface area contributed by atoms with E-state index in [4.69, 9.17) is 0 Å². The zero-order valence-electron chi connectivity index (χ0n) is 10.6. The quantitative estimate of drug-likeness (QED) is 0.786. The van der Waals surface area contributed by atoms with Gasteiger partial charge in [-0.05, 0) is 25.7 Å². The van der Waals surface area contributed by atoms with Gasteiger partial charge in [0.25, 0.3) is 5.56 Å². The van der Waals surface area contributed by atoms with Crippen molar-refractivity contribution in [2.75, 3.05) is 18.0 Å². The molecule has 1 aliphatic rings. The van der Waals surface area contributed by atoms with E-state index in [1.165, 1.54) is 34.8 Å². The second kappa shape index (κ2) is 4.35. The molecule has 0 aliphatic carbocycles. The number of anilines is 1. The van der Waals surface area contributed by atoms with Crippen LogP contribution in [-0.2, 0) is 0 Å². The van der Waals surface area contributed by atoms with Gasteiger partial charge in [0.2, 0.25) is 10.1 Å². The number of piperidine rings is 1. The SMILES string of the molecule is Cc1cc(=O)n2nc(N3CCC(C)CC3)sc2n1. The molecular weight excluding hydrogens is 248 g/mol. The average Bonchev–Trinajstić information content (AvgIpc) is 2.74. The van der Waals surface area contributed by atoms with Crippen molar-refractivity contribution in [3.05, 3.63) is 22.1 Å². The van der Waals surface area contributed by atoms with Crippen LogP contribution in [0.15, 0.2) is 10.9 Å². The van der Waals surface area contributed by atoms with Crippen LogP contribution in [0.2, 0.25) is 0 Å². The van der Waals surface area contributed by atoms with E-state index in [0.717, 1.165) is 29.8 Å². The lowest BCUT2D eigenvalue weighted by Gasteiger charge is -2.29. The third kappa shape index (κ3) is 2.01. The number of fused-ring (bicyclic) bond motifs is 1. The smallest absolute Gasteiger partial charge is 0.275 e. The summed E-state index contributed by atoms with van der Waals surface area (Å²) in [4.78, 5) is 19.1. The largest absolute Gasteiger partial charge is 0.347 e. The summed E-state index contributed by atoms with van der Waals surface area (Å²) in [6.45, 7) is 6.16. The highest BCUT2D eigenvalue weighted by atomic mass is 32.1. The normalized spacial score (nSPS) is 17.6. The van der Waals surface area contributed by atoms with Crippen molar-refractivity contribution in [3.8, 4) is 0 Å². The van der Waals surface area contributed by atoms with Gasteiger partial charge in [-0.3, -0.25) is 4.79 Å². The van der Waals surface area contributed by atoms with Gasteiger partial charge in [0, 0.05) is 24.8 Å². The molecule has 1 aliphatic heterocycles. The molecule has 0 N–H and O–H groups in total. The van der Waals surface area contributed by atoms with E-state index in [1.54, 1.807) is 0 Å². The van der Waals surface area contributed by atoms with Crippen LogP contribution in [0.1, 0.15) is 25.5 Å². The van der Waals surface area contributed by atoms with Gasteiger partial charge < -0.3 is 4.90 Å². The summed E-state index contributed by atoms with van der Waals surface area (Å²) < 4.78 is 1.41. The highest BCUT2D eigenvalue weighted by Crippen LogP contribution is 2.26. The molecule has 3 heterocycles. The third-order valence-electron chi connectivity index (χ3n) is 3.42. The minimum atomic E-state index is -0.0922. The Morgan fingerprint density at radius 1 is 1.39 bits per heavy atom. The van der Waals surface area contributed by atoms with Crippen LogP contribution < -0.4 is 10.5 Å². The number of hydrogen-bond donors (Lipinski definition) is 0. The van der Waals surface area contributed by atoms with Crippen molar-refractivity contribution >= 4 is 21.4 Å². The van der Waals surface area contributed by atoms with Gasteiger partial charge in [-0.15, -0.1) is 5.10 Å². The summed E-state index contributed by atoms with van der Waals surface area (Å²) >= 11 is 1.50. The van der Waals surface area contributed by atoms with Gasteiger partial charge in [0.05, 0.1) is 0 Å². The lowest BCUT2D eigenvalue weighted by Crippen LogP contribution is -2.32. The molecule has 1 saturated heterocycles. The Kier molecular flexibility index (Phi) is 2.81. The summed E-state index contributed by atoms with van der Waals surface area (Å²) in [7, 11) is 0. The molecule has 0 saturated carbocycles. The first-order chi connectivity index (χ1) is 8.63. The summed E-state index contributed by atoms with van der Waals surface area (Å²) in [6, 6.07) is 1.52. The van der Waals surface area contributed by atoms with Crippen molar-refractivity contribution < 1.29 is 0 Å². The zero-order valence-corrected chi connectivity index (χ0v) is 11.4. The Bertz CT molecular complexity index is 625. The Labute approximate surface area is 109 Å². The van der Waals surface area contributed by atoms with Crippen molar-refractivity contribution in [1.82, 2.24) is 14.6 Å². The van der Waals surface area contributed by atoms with Crippen molar-refractivity contribution in [1.29, 1.82) is 0 Å². The molecule has 2 aromatic rings. The van der Waals surface area contributed by atoms with Crippen molar-refractivity contribution in [2.45, 2.75) is 26.7 Å². The molecule has 0 aromatic carbocycles. The van der Waals surface area contributed by atoms with E-state index in [2.05, 4.69) is 21.9 Å². The molecule has 0 radical (unpaired) electrons. The second-order valence-electron chi connectivity index (χ2n) is 4.98. The van der Waals surface area contributed by atoms with Crippen LogP contribution in [0.25, 0.3) is 4.96 Å². The monoisotopic (exact) mass is 264 g/mol. The van der Waals surface area contributed by atoms with Crippen LogP contribution >= 0.6 is 11.3 Å². The number of aromatic nitrogens is 3. The van der Waals surface area contributed by atoms with Crippen LogP contribution in [0, 0.1) is 12.8 Å². The molecule has 18 heavy (non-hydrogen) atoms. The highest BCUT2D eigenvalue weighted by molar-refractivity contribution is 7.20. The van der Waals surface area contributed by atoms with Crippen LogP contribution in [0.3, 0.4) is 0 Å². The topological polar surface area (TPSA) is 50.5 Å². The van der Waals surface area contributed by atoms with Gasteiger partial charge in [0.1, 0.15) is 0 Å². The lowest BCUT2D eigenvalue weighted by atomic mass is 10.00. The molecule has 6 heteroatoms. The fourth-order valence-corrected chi connectivity index (χ4v) is 3.24. The standard InChI is InChI=1S/C12H16N4OS/c1-8-3-5-15(6-4-8)12-14-16-10(17)7-9(2)13-11(16)18-12/h7-8H,3-6H2,1-2H3. The molecular formula is C12H16N4OS. The van der Waals surface area contributed by atoms with E-state index in [0.29, 0.717) is 4.96 Å². The summed E-state index contributed by atoms with van der Waals surface area (Å²) in [5, 5.41) is 5.30. The molecule has 0 unspecified atom stereocenters. The summed E-state index contributed by atoms with van der Waals surface area (Å²) in [6.07, 6.45) is 2.38. The van der Waals surface area contributed by atoms with Crippen LogP contribution in [0.4, 0.5) is 5.13 Å². The maximum atomic E-state index is 11.8. The van der Waals surface area contributed by atoms with Gasteiger partial charge in [-0.25, -0.2) is 4.98 Å². The van der Waals surface area contributed by atoms with E-state index in [9.17, 15) is 4.79 Å². The second-order valence-corrected chi connectivity index (χ2v) is 5.92. The molecule has 0 bridgehead atoms. The predicted octanol–water partition coefficient (Wildman–Crippen LogP) is 1.70. The van der Waals surface area contributed by atoms with Crippen molar-refractivity contribution in [2.24, 2.45) is 5.92 Å². The first kappa shape index (κ1) is 11.6. The molecule has 3 rings (SSSR count). The number of rotatable bonds is 1. The van der Waals surface area contributed by atoms with Gasteiger partial charge in [-0.1, -0.05) is 18.3 Å². The number of aryl methyl sites for hydroxylation is 1. The van der Waals surface area contributed by atoms with E-state index >= 15 is 0 Å². The Hall–Kier alpha value is -1.43. The Morgan fingerprint density at radius 2 is 2.11 bits per heavy atom. The van der Waals surface area contributed by atoms with Crippen LogP contribution in [0.5, 0.6) is 0 Å². The molecule has 1 fully saturated rings. The first-order valence-corrected chi connectivity index (χ1v) is 7.07. The van der Waals surface area contributed by atoms with Gasteiger partial charge in [0.15, 0.2) is 0 Å². The molecule has 2 aromatic heterocycles. The maximum absolute atomic E-state index is 11.8. The Balaban J connectivity index is 1.98. The number of nitrogens with zero attached hydrogens (tertiary/aromatic N) is 4. The first-order valence-electron chi connectivity index (χ1n) is 6.26. The fourth-order valence-electron chi connectivity index (χ4n) is 2.24. The molecule has 0 spiro atoms. The Morgan fingerprint density at radius 3 is 2.83 bits per heavy atom. The third-order valence-corrected chi connectivity index (χ3v) is 4.39. The van der Waals surface area contributed by atoms with Gasteiger partial charge >= 0.3 is 0 Å². The molecule has 5 nitrogen and oxygen atoms in total. The van der Waals surface area contributed by atoms with E-state index in [1.807, 2.05) is 6.92 Å². The summed E-state index contributed by atoms with van der Waals surface area (Å²) in [5.74, 6) is 0.790. The number of hydrogen-bond acceptors (Lipinski definition) is 5. The zero-order chi connectivity index (χ0) is 12.7. The average molecular weight is 264 g/mol. The van der Waals surface area contributed by atoms with Crippen LogP contribution in [-0.4, -0.2) is 27.7 Å². The van der Waals surface area contributed by atoms with Crippen molar-refractivity contribution in [3.63, 3.8) is 0 Å². The van der Waals surface area contributed by atoms with Gasteiger partial charge in [-0.2, -0.15) is 4.52 Å². The molecule has 0 atom stereocenters. The minimum absolute atomic E-state index is 0.0922. The highest BCUT2D eigenvalue weighted by Gasteiger charge is 2.19. The fraction of sp³-hybridized carbons (Fsp3) is 0.583. The van der Waals surface area contributed by atoms with E-state index in [-0.39, 0.29) is 5.56 Å². The minimum Gasteiger partial charge on any atom is -0.347 e. The molecule has 96 valence electrons. The summed E-state index contributed by atoms with van der Waals surface area (Å²) in [5.41, 5.74) is 0.660. The molecule has 0 amide bonds. The van der Waals surface area contributed by atoms with E-state index < -0.39 is 0 Å².